The Morgan fingerprint density at radius 1 is 1.03 bits per heavy atom. The van der Waals surface area contributed by atoms with Crippen LogP contribution >= 0.6 is 0 Å². The molecule has 9 heteroatoms. The van der Waals surface area contributed by atoms with Gasteiger partial charge in [0.05, 0.1) is 12.5 Å². The Balaban J connectivity index is 1.65. The van der Waals surface area contributed by atoms with Crippen LogP contribution in [0.1, 0.15) is 16.1 Å². The molecule has 1 aromatic heterocycles. The monoisotopic (exact) mass is 409 g/mol. The second-order valence-electron chi connectivity index (χ2n) is 6.36. The average Bonchev–Trinajstić information content (AvgIpc) is 2.77. The second kappa shape index (κ2) is 9.46. The number of hydrogen-bond donors (Lipinski definition) is 2. The number of rotatable bonds is 7. The number of carbonyl (C=O) groups excluding carboxylic acids is 3. The van der Waals surface area contributed by atoms with Gasteiger partial charge in [-0.3, -0.25) is 9.59 Å². The highest BCUT2D eigenvalue weighted by atomic mass is 16.5. The van der Waals surface area contributed by atoms with E-state index in [0.29, 0.717) is 5.39 Å². The zero-order chi connectivity index (χ0) is 21.5. The van der Waals surface area contributed by atoms with Crippen molar-refractivity contribution in [2.24, 2.45) is 0 Å². The van der Waals surface area contributed by atoms with Crippen molar-refractivity contribution < 1.29 is 23.9 Å². The van der Waals surface area contributed by atoms with Gasteiger partial charge in [-0.1, -0.05) is 48.5 Å². The van der Waals surface area contributed by atoms with Crippen molar-refractivity contribution in [1.82, 2.24) is 15.5 Å². The molecule has 154 valence electrons. The van der Waals surface area contributed by atoms with Crippen molar-refractivity contribution in [2.75, 3.05) is 13.7 Å². The Hall–Kier alpha value is -4.01. The predicted molar refractivity (Wildman–Crippen MR) is 107 cm³/mol. The lowest BCUT2D eigenvalue weighted by atomic mass is 10.1. The molecule has 0 aliphatic heterocycles. The Labute approximate surface area is 171 Å². The summed E-state index contributed by atoms with van der Waals surface area (Å²) in [6.45, 7) is -0.629. The first kappa shape index (κ1) is 20.7. The van der Waals surface area contributed by atoms with E-state index < -0.39 is 36.1 Å². The van der Waals surface area contributed by atoms with Gasteiger partial charge >= 0.3 is 11.9 Å². The Morgan fingerprint density at radius 2 is 1.70 bits per heavy atom. The lowest BCUT2D eigenvalue weighted by Crippen LogP contribution is -2.44. The van der Waals surface area contributed by atoms with Gasteiger partial charge in [-0.25, -0.2) is 14.7 Å². The number of methoxy groups -OCH3 is 1. The number of aromatic amines is 1. The predicted octanol–water partition coefficient (Wildman–Crippen LogP) is 0.980. The molecule has 0 fully saturated rings. The average molecular weight is 409 g/mol. The maximum Gasteiger partial charge on any atom is 0.359 e. The van der Waals surface area contributed by atoms with Crippen molar-refractivity contribution in [3.8, 4) is 0 Å². The van der Waals surface area contributed by atoms with Gasteiger partial charge in [-0.2, -0.15) is 5.10 Å². The van der Waals surface area contributed by atoms with Gasteiger partial charge in [-0.05, 0) is 11.6 Å². The number of nitrogens with one attached hydrogen (secondary N) is 2. The minimum absolute atomic E-state index is 0.119. The molecule has 1 heterocycles. The standard InChI is InChI=1S/C21H19N3O6/c1-29-20(27)16(11-13-7-3-2-4-8-13)22-17(25)12-30-21(28)18-14-9-5-6-10-15(14)19(26)24-23-18/h2-10,16H,11-12H2,1H3,(H,22,25)(H,24,26)/t16-/m0/s1. The van der Waals surface area contributed by atoms with E-state index in [9.17, 15) is 19.2 Å². The van der Waals surface area contributed by atoms with Crippen LogP contribution < -0.4 is 10.9 Å². The van der Waals surface area contributed by atoms with E-state index in [-0.39, 0.29) is 17.5 Å². The van der Waals surface area contributed by atoms with E-state index >= 15 is 0 Å². The molecule has 9 nitrogen and oxygen atoms in total. The summed E-state index contributed by atoms with van der Waals surface area (Å²) in [6.07, 6.45) is 0.222. The Bertz CT molecular complexity index is 1130. The number of esters is 2. The zero-order valence-electron chi connectivity index (χ0n) is 16.1. The minimum atomic E-state index is -0.935. The molecule has 0 aliphatic carbocycles. The van der Waals surface area contributed by atoms with Crippen LogP contribution in [0.5, 0.6) is 0 Å². The summed E-state index contributed by atoms with van der Waals surface area (Å²) in [5, 5.41) is 9.03. The fourth-order valence-corrected chi connectivity index (χ4v) is 2.89. The van der Waals surface area contributed by atoms with Crippen molar-refractivity contribution >= 4 is 28.6 Å². The highest BCUT2D eigenvalue weighted by Crippen LogP contribution is 2.13. The summed E-state index contributed by atoms with van der Waals surface area (Å²) >= 11 is 0. The van der Waals surface area contributed by atoms with E-state index in [1.807, 2.05) is 30.3 Å². The summed E-state index contributed by atoms with van der Waals surface area (Å²) in [6, 6.07) is 14.6. The van der Waals surface area contributed by atoms with Gasteiger partial charge in [-0.15, -0.1) is 0 Å². The molecule has 0 bridgehead atoms. The number of hydrogen-bond acceptors (Lipinski definition) is 7. The van der Waals surface area contributed by atoms with E-state index in [0.717, 1.165) is 5.56 Å². The van der Waals surface area contributed by atoms with E-state index in [2.05, 4.69) is 15.5 Å². The van der Waals surface area contributed by atoms with Crippen LogP contribution in [0, 0.1) is 0 Å². The molecule has 0 unspecified atom stereocenters. The third kappa shape index (κ3) is 4.88. The third-order valence-corrected chi connectivity index (χ3v) is 4.33. The van der Waals surface area contributed by atoms with Crippen LogP contribution in [-0.4, -0.2) is 47.8 Å². The second-order valence-corrected chi connectivity index (χ2v) is 6.36. The fraction of sp³-hybridized carbons (Fsp3) is 0.190. The smallest absolute Gasteiger partial charge is 0.359 e. The van der Waals surface area contributed by atoms with Gasteiger partial charge in [0.2, 0.25) is 0 Å². The molecule has 3 aromatic rings. The first-order chi connectivity index (χ1) is 14.5. The molecule has 1 atom stereocenters. The zero-order valence-corrected chi connectivity index (χ0v) is 16.1. The summed E-state index contributed by atoms with van der Waals surface area (Å²) in [4.78, 5) is 48.4. The number of aromatic nitrogens is 2. The van der Waals surface area contributed by atoms with Gasteiger partial charge in [0, 0.05) is 11.8 Å². The van der Waals surface area contributed by atoms with Crippen LogP contribution in [0.25, 0.3) is 10.8 Å². The van der Waals surface area contributed by atoms with Crippen molar-refractivity contribution in [3.63, 3.8) is 0 Å². The molecule has 3 rings (SSSR count). The quantitative estimate of drug-likeness (QED) is 0.557. The summed E-state index contributed by atoms with van der Waals surface area (Å²) in [7, 11) is 1.22. The molecule has 0 saturated heterocycles. The molecule has 0 spiro atoms. The van der Waals surface area contributed by atoms with E-state index in [1.54, 1.807) is 24.3 Å². The number of fused-ring (bicyclic) bond motifs is 1. The molecule has 0 radical (unpaired) electrons. The van der Waals surface area contributed by atoms with Crippen molar-refractivity contribution in [2.45, 2.75) is 12.5 Å². The maximum absolute atomic E-state index is 12.4. The van der Waals surface area contributed by atoms with E-state index in [1.165, 1.54) is 7.11 Å². The Morgan fingerprint density at radius 3 is 2.40 bits per heavy atom. The number of H-pyrrole nitrogens is 1. The highest BCUT2D eigenvalue weighted by Gasteiger charge is 2.23. The van der Waals surface area contributed by atoms with Crippen LogP contribution in [0.2, 0.25) is 0 Å². The third-order valence-electron chi connectivity index (χ3n) is 4.33. The van der Waals surface area contributed by atoms with Gasteiger partial charge in [0.25, 0.3) is 11.5 Å². The van der Waals surface area contributed by atoms with E-state index in [4.69, 9.17) is 9.47 Å². The first-order valence-corrected chi connectivity index (χ1v) is 9.05. The van der Waals surface area contributed by atoms with Crippen LogP contribution in [-0.2, 0) is 25.5 Å². The Kier molecular flexibility index (Phi) is 6.53. The molecular weight excluding hydrogens is 390 g/mol. The van der Waals surface area contributed by atoms with Crippen LogP contribution in [0.3, 0.4) is 0 Å². The number of benzene rings is 2. The highest BCUT2D eigenvalue weighted by molar-refractivity contribution is 6.02. The summed E-state index contributed by atoms with van der Waals surface area (Å²) in [5.41, 5.74) is 0.266. The number of carbonyl (C=O) groups is 3. The maximum atomic E-state index is 12.4. The summed E-state index contributed by atoms with van der Waals surface area (Å²) < 4.78 is 9.75. The lowest BCUT2D eigenvalue weighted by Gasteiger charge is -2.16. The normalized spacial score (nSPS) is 11.5. The SMILES string of the molecule is COC(=O)[C@H](Cc1ccccc1)NC(=O)COC(=O)c1n[nH]c(=O)c2ccccc12. The topological polar surface area (TPSA) is 127 Å². The number of ether oxygens (including phenoxy) is 2. The summed E-state index contributed by atoms with van der Waals surface area (Å²) in [5.74, 6) is -2.18. The molecule has 1 amide bonds. The molecule has 30 heavy (non-hydrogen) atoms. The van der Waals surface area contributed by atoms with Crippen molar-refractivity contribution in [3.05, 3.63) is 76.2 Å². The molecule has 2 N–H and O–H groups in total. The first-order valence-electron chi connectivity index (χ1n) is 9.05. The van der Waals surface area contributed by atoms with Crippen molar-refractivity contribution in [1.29, 1.82) is 0 Å². The number of amides is 1. The van der Waals surface area contributed by atoms with Gasteiger partial charge in [0.1, 0.15) is 6.04 Å². The fourth-order valence-electron chi connectivity index (χ4n) is 2.89. The molecule has 0 aliphatic rings. The lowest BCUT2D eigenvalue weighted by molar-refractivity contribution is -0.145. The van der Waals surface area contributed by atoms with Gasteiger partial charge in [0.15, 0.2) is 12.3 Å². The number of nitrogens with zero attached hydrogens (tertiary/aromatic N) is 1. The van der Waals surface area contributed by atoms with Gasteiger partial charge < -0.3 is 14.8 Å². The largest absolute Gasteiger partial charge is 0.467 e. The molecule has 2 aromatic carbocycles. The molecule has 0 saturated carbocycles. The molecular formula is C21H19N3O6. The van der Waals surface area contributed by atoms with Crippen LogP contribution in [0.4, 0.5) is 0 Å². The van der Waals surface area contributed by atoms with Crippen LogP contribution in [0.15, 0.2) is 59.4 Å². The minimum Gasteiger partial charge on any atom is -0.467 e.